The van der Waals surface area contributed by atoms with Gasteiger partial charge < -0.3 is 0 Å². The van der Waals surface area contributed by atoms with Gasteiger partial charge in [0.05, 0.1) is 5.75 Å². The zero-order valence-corrected chi connectivity index (χ0v) is 17.3. The van der Waals surface area contributed by atoms with E-state index < -0.39 is 15.8 Å². The third kappa shape index (κ3) is 4.34. The van der Waals surface area contributed by atoms with E-state index in [2.05, 4.69) is 10.2 Å². The fourth-order valence-corrected chi connectivity index (χ4v) is 5.97. The maximum atomic E-state index is 13.8. The van der Waals surface area contributed by atoms with Crippen LogP contribution in [0.1, 0.15) is 24.2 Å². The second-order valence-electron chi connectivity index (χ2n) is 7.13. The Morgan fingerprint density at radius 1 is 1.17 bits per heavy atom. The summed E-state index contributed by atoms with van der Waals surface area (Å²) in [5.74, 6) is 0.0479. The predicted molar refractivity (Wildman–Crippen MR) is 109 cm³/mol. The molecule has 1 N–H and O–H groups in total. The van der Waals surface area contributed by atoms with Crippen molar-refractivity contribution >= 4 is 21.4 Å². The fraction of sp³-hybridized carbons (Fsp3) is 0.368. The van der Waals surface area contributed by atoms with Crippen LogP contribution >= 0.6 is 11.3 Å². The molecule has 3 aromatic rings. The highest BCUT2D eigenvalue weighted by molar-refractivity contribution is 7.88. The molecule has 4 rings (SSSR count). The van der Waals surface area contributed by atoms with E-state index in [4.69, 9.17) is 0 Å². The second kappa shape index (κ2) is 8.21. The van der Waals surface area contributed by atoms with Gasteiger partial charge in [-0.25, -0.2) is 31.6 Å². The number of aromatic amines is 1. The van der Waals surface area contributed by atoms with Crippen molar-refractivity contribution in [1.82, 2.24) is 19.1 Å². The van der Waals surface area contributed by atoms with Gasteiger partial charge in [0.25, 0.3) is 0 Å². The van der Waals surface area contributed by atoms with E-state index >= 15 is 0 Å². The topological polar surface area (TPSA) is 88.1 Å². The number of piperidine rings is 1. The average Bonchev–Trinajstić information content (AvgIpc) is 3.34. The first-order valence-electron chi connectivity index (χ1n) is 9.35. The van der Waals surface area contributed by atoms with Gasteiger partial charge >= 0.3 is 5.69 Å². The van der Waals surface area contributed by atoms with Crippen molar-refractivity contribution in [2.45, 2.75) is 25.0 Å². The Balaban J connectivity index is 1.40. The minimum Gasteiger partial charge on any atom is -0.246 e. The molecule has 0 bridgehead atoms. The Labute approximate surface area is 171 Å². The van der Waals surface area contributed by atoms with E-state index in [1.54, 1.807) is 16.7 Å². The van der Waals surface area contributed by atoms with Gasteiger partial charge in [0.2, 0.25) is 10.0 Å². The number of nitrogens with zero attached hydrogens (tertiary/aromatic N) is 3. The van der Waals surface area contributed by atoms with Crippen molar-refractivity contribution in [3.8, 4) is 5.00 Å². The normalized spacial score (nSPS) is 16.3. The van der Waals surface area contributed by atoms with Gasteiger partial charge in [-0.1, -0.05) is 18.2 Å². The number of halogens is 1. The highest BCUT2D eigenvalue weighted by atomic mass is 32.2. The first-order valence-corrected chi connectivity index (χ1v) is 11.8. The van der Waals surface area contributed by atoms with E-state index in [-0.39, 0.29) is 22.9 Å². The molecule has 1 aromatic carbocycles. The Kier molecular flexibility index (Phi) is 5.66. The summed E-state index contributed by atoms with van der Waals surface area (Å²) in [4.78, 5) is 12.1. The number of benzene rings is 1. The molecule has 0 aliphatic carbocycles. The van der Waals surface area contributed by atoms with Gasteiger partial charge in [0, 0.05) is 25.1 Å². The molecule has 1 saturated heterocycles. The summed E-state index contributed by atoms with van der Waals surface area (Å²) in [5, 5.41) is 9.37. The molecular weight excluding hydrogens is 415 g/mol. The Hall–Kier alpha value is -2.30. The number of aromatic nitrogens is 3. The van der Waals surface area contributed by atoms with Crippen LogP contribution in [0.15, 0.2) is 46.6 Å². The summed E-state index contributed by atoms with van der Waals surface area (Å²) < 4.78 is 42.2. The zero-order valence-electron chi connectivity index (χ0n) is 15.6. The van der Waals surface area contributed by atoms with Crippen molar-refractivity contribution in [2.24, 2.45) is 5.92 Å². The summed E-state index contributed by atoms with van der Waals surface area (Å²) in [6.07, 6.45) is 1.93. The molecule has 1 aliphatic rings. The van der Waals surface area contributed by atoms with E-state index in [0.29, 0.717) is 38.2 Å². The lowest BCUT2D eigenvalue weighted by molar-refractivity contribution is 0.269. The van der Waals surface area contributed by atoms with Crippen LogP contribution in [-0.2, 0) is 22.2 Å². The SMILES string of the molecule is O=c1[nH]nc(CC2CCN(S(=O)(=O)Cc3ccccc3F)CC2)n1-c1cccs1. The highest BCUT2D eigenvalue weighted by Crippen LogP contribution is 2.25. The second-order valence-corrected chi connectivity index (χ2v) is 10.0. The quantitative estimate of drug-likeness (QED) is 0.643. The molecule has 154 valence electrons. The molecule has 1 fully saturated rings. The van der Waals surface area contributed by atoms with Crippen molar-refractivity contribution in [3.05, 3.63) is 69.5 Å². The predicted octanol–water partition coefficient (Wildman–Crippen LogP) is 2.55. The van der Waals surface area contributed by atoms with Crippen LogP contribution in [0, 0.1) is 11.7 Å². The maximum Gasteiger partial charge on any atom is 0.348 e. The minimum atomic E-state index is -3.58. The molecule has 10 heteroatoms. The molecule has 2 aromatic heterocycles. The number of H-pyrrole nitrogens is 1. The van der Waals surface area contributed by atoms with Crippen molar-refractivity contribution in [3.63, 3.8) is 0 Å². The van der Waals surface area contributed by atoms with E-state index in [1.165, 1.54) is 27.8 Å². The van der Waals surface area contributed by atoms with Crippen LogP contribution in [0.2, 0.25) is 0 Å². The van der Waals surface area contributed by atoms with Gasteiger partial charge in [-0.05, 0) is 42.3 Å². The zero-order chi connectivity index (χ0) is 20.4. The van der Waals surface area contributed by atoms with Crippen LogP contribution in [0.4, 0.5) is 4.39 Å². The smallest absolute Gasteiger partial charge is 0.246 e. The lowest BCUT2D eigenvalue weighted by atomic mass is 9.94. The van der Waals surface area contributed by atoms with Crippen molar-refractivity contribution in [2.75, 3.05) is 13.1 Å². The molecule has 29 heavy (non-hydrogen) atoms. The molecule has 0 atom stereocenters. The number of rotatable bonds is 6. The molecule has 0 amide bonds. The minimum absolute atomic E-state index is 0.186. The number of nitrogens with one attached hydrogen (secondary N) is 1. The Morgan fingerprint density at radius 3 is 2.62 bits per heavy atom. The van der Waals surface area contributed by atoms with Crippen LogP contribution in [0.25, 0.3) is 5.00 Å². The van der Waals surface area contributed by atoms with Crippen LogP contribution < -0.4 is 5.69 Å². The molecule has 0 spiro atoms. The lowest BCUT2D eigenvalue weighted by Crippen LogP contribution is -2.39. The number of sulfonamides is 1. The molecule has 7 nitrogen and oxygen atoms in total. The van der Waals surface area contributed by atoms with E-state index in [1.807, 2.05) is 17.5 Å². The van der Waals surface area contributed by atoms with Crippen LogP contribution in [0.5, 0.6) is 0 Å². The van der Waals surface area contributed by atoms with E-state index in [0.717, 1.165) is 5.00 Å². The van der Waals surface area contributed by atoms with Gasteiger partial charge in [0.15, 0.2) is 0 Å². The molecular formula is C19H21FN4O3S2. The van der Waals surface area contributed by atoms with Gasteiger partial charge in [0.1, 0.15) is 16.6 Å². The molecule has 0 saturated carbocycles. The van der Waals surface area contributed by atoms with Crippen molar-refractivity contribution < 1.29 is 12.8 Å². The van der Waals surface area contributed by atoms with Gasteiger partial charge in [-0.3, -0.25) is 0 Å². The number of thiophene rings is 1. The maximum absolute atomic E-state index is 13.8. The molecule has 0 radical (unpaired) electrons. The number of hydrogen-bond acceptors (Lipinski definition) is 5. The summed E-state index contributed by atoms with van der Waals surface area (Å²) >= 11 is 1.46. The number of hydrogen-bond donors (Lipinski definition) is 1. The molecule has 3 heterocycles. The summed E-state index contributed by atoms with van der Waals surface area (Å²) in [7, 11) is -3.58. The Morgan fingerprint density at radius 2 is 1.93 bits per heavy atom. The summed E-state index contributed by atoms with van der Waals surface area (Å²) in [6, 6.07) is 9.69. The fourth-order valence-electron chi connectivity index (χ4n) is 3.64. The average molecular weight is 437 g/mol. The highest BCUT2D eigenvalue weighted by Gasteiger charge is 2.29. The third-order valence-electron chi connectivity index (χ3n) is 5.20. The summed E-state index contributed by atoms with van der Waals surface area (Å²) in [6.45, 7) is 0.768. The van der Waals surface area contributed by atoms with Gasteiger partial charge in [-0.15, -0.1) is 11.3 Å². The molecule has 0 unspecified atom stereocenters. The first-order chi connectivity index (χ1) is 13.9. The van der Waals surface area contributed by atoms with Crippen molar-refractivity contribution in [1.29, 1.82) is 0 Å². The first kappa shape index (κ1) is 20.0. The lowest BCUT2D eigenvalue weighted by Gasteiger charge is -2.31. The van der Waals surface area contributed by atoms with Gasteiger partial charge in [-0.2, -0.15) is 5.10 Å². The van der Waals surface area contributed by atoms with E-state index in [9.17, 15) is 17.6 Å². The van der Waals surface area contributed by atoms with Crippen LogP contribution in [-0.4, -0.2) is 40.6 Å². The third-order valence-corrected chi connectivity index (χ3v) is 7.88. The summed E-state index contributed by atoms with van der Waals surface area (Å²) in [5.41, 5.74) is -0.0848. The molecule has 1 aliphatic heterocycles. The van der Waals surface area contributed by atoms with Crippen LogP contribution in [0.3, 0.4) is 0 Å². The Bertz CT molecular complexity index is 1130. The standard InChI is InChI=1S/C19H21FN4O3S2/c20-16-5-2-1-4-15(16)13-29(26,27)23-9-7-14(8-10-23)12-17-21-22-19(25)24(17)18-6-3-11-28-18/h1-6,11,14H,7-10,12-13H2,(H,22,25). The monoisotopic (exact) mass is 436 g/mol. The largest absolute Gasteiger partial charge is 0.348 e.